The fourth-order valence-corrected chi connectivity index (χ4v) is 4.08. The van der Waals surface area contributed by atoms with E-state index in [2.05, 4.69) is 22.4 Å². The Morgan fingerprint density at radius 1 is 1.17 bits per heavy atom. The van der Waals surface area contributed by atoms with Crippen LogP contribution in [-0.2, 0) is 11.2 Å². The van der Waals surface area contributed by atoms with Crippen LogP contribution in [0, 0.1) is 5.82 Å². The van der Waals surface area contributed by atoms with Gasteiger partial charge in [0.25, 0.3) is 5.91 Å². The van der Waals surface area contributed by atoms with Crippen LogP contribution in [0.4, 0.5) is 15.2 Å². The van der Waals surface area contributed by atoms with Crippen molar-refractivity contribution in [2.45, 2.75) is 25.7 Å². The van der Waals surface area contributed by atoms with Gasteiger partial charge in [0.05, 0.1) is 0 Å². The number of aryl methyl sites for hydroxylation is 1. The molecule has 2 heterocycles. The maximum absolute atomic E-state index is 13.0. The summed E-state index contributed by atoms with van der Waals surface area (Å²) in [5.74, 6) is -0.805. The first kappa shape index (κ1) is 19.2. The molecule has 0 aliphatic carbocycles. The summed E-state index contributed by atoms with van der Waals surface area (Å²) in [5, 5.41) is 11.9. The summed E-state index contributed by atoms with van der Waals surface area (Å²) in [4.78, 5) is 26.5. The monoisotopic (exact) mass is 410 g/mol. The van der Waals surface area contributed by atoms with Crippen molar-refractivity contribution in [3.05, 3.63) is 70.5 Å². The second kappa shape index (κ2) is 8.08. The number of nitrogens with zero attached hydrogens (tertiary/aromatic N) is 3. The van der Waals surface area contributed by atoms with Gasteiger partial charge in [0.15, 0.2) is 0 Å². The van der Waals surface area contributed by atoms with Crippen LogP contribution in [0.15, 0.2) is 48.5 Å². The molecule has 148 valence electrons. The third kappa shape index (κ3) is 4.17. The van der Waals surface area contributed by atoms with Crippen molar-refractivity contribution in [2.75, 3.05) is 16.8 Å². The lowest BCUT2D eigenvalue weighted by Crippen LogP contribution is -2.24. The van der Waals surface area contributed by atoms with Gasteiger partial charge in [-0.3, -0.25) is 14.9 Å². The van der Waals surface area contributed by atoms with E-state index in [4.69, 9.17) is 0 Å². The summed E-state index contributed by atoms with van der Waals surface area (Å²) < 4.78 is 13.0. The quantitative estimate of drug-likeness (QED) is 0.690. The number of carbonyl (C=O) groups is 2. The molecule has 1 aliphatic rings. The van der Waals surface area contributed by atoms with Gasteiger partial charge in [-0.05, 0) is 48.4 Å². The number of hydrogen-bond donors (Lipinski definition) is 1. The standard InChI is InChI=1S/C21H19FN4O2S/c1-2-13-3-9-17(10-4-13)26-12-15(11-18(26)27)20-24-25-21(29-20)23-19(28)14-5-7-16(22)8-6-14/h3-10,15H,2,11-12H2,1H3,(H,23,25,28)/t15-/m1/s1. The zero-order valence-corrected chi connectivity index (χ0v) is 16.6. The number of halogens is 1. The first-order valence-corrected chi connectivity index (χ1v) is 10.1. The van der Waals surface area contributed by atoms with Crippen LogP contribution in [0.2, 0.25) is 0 Å². The molecule has 1 atom stereocenters. The molecule has 1 N–H and O–H groups in total. The number of carbonyl (C=O) groups excluding carboxylic acids is 2. The van der Waals surface area contributed by atoms with Gasteiger partial charge < -0.3 is 4.90 Å². The van der Waals surface area contributed by atoms with Gasteiger partial charge >= 0.3 is 0 Å². The molecule has 1 fully saturated rings. The lowest BCUT2D eigenvalue weighted by atomic mass is 10.1. The van der Waals surface area contributed by atoms with E-state index >= 15 is 0 Å². The number of benzene rings is 2. The first-order chi connectivity index (χ1) is 14.0. The maximum Gasteiger partial charge on any atom is 0.257 e. The number of nitrogens with one attached hydrogen (secondary N) is 1. The van der Waals surface area contributed by atoms with Crippen LogP contribution in [0.25, 0.3) is 0 Å². The van der Waals surface area contributed by atoms with Crippen LogP contribution in [-0.4, -0.2) is 28.6 Å². The Morgan fingerprint density at radius 2 is 1.90 bits per heavy atom. The fraction of sp³-hybridized carbons (Fsp3) is 0.238. The van der Waals surface area contributed by atoms with Crippen LogP contribution >= 0.6 is 11.3 Å². The van der Waals surface area contributed by atoms with E-state index in [0.29, 0.717) is 28.7 Å². The zero-order valence-electron chi connectivity index (χ0n) is 15.8. The number of aromatic nitrogens is 2. The highest BCUT2D eigenvalue weighted by Crippen LogP contribution is 2.34. The molecule has 6 nitrogen and oxygen atoms in total. The molecule has 0 unspecified atom stereocenters. The highest BCUT2D eigenvalue weighted by molar-refractivity contribution is 7.15. The van der Waals surface area contributed by atoms with Crippen LogP contribution < -0.4 is 10.2 Å². The minimum Gasteiger partial charge on any atom is -0.312 e. The van der Waals surface area contributed by atoms with Crippen molar-refractivity contribution in [1.29, 1.82) is 0 Å². The second-order valence-electron chi connectivity index (χ2n) is 6.83. The number of hydrogen-bond acceptors (Lipinski definition) is 5. The molecule has 1 aliphatic heterocycles. The summed E-state index contributed by atoms with van der Waals surface area (Å²) >= 11 is 1.25. The van der Waals surface area contributed by atoms with Crippen LogP contribution in [0.3, 0.4) is 0 Å². The minimum absolute atomic E-state index is 0.0475. The normalized spacial score (nSPS) is 16.3. The minimum atomic E-state index is -0.403. The third-order valence-corrected chi connectivity index (χ3v) is 5.90. The zero-order chi connectivity index (χ0) is 20.4. The fourth-order valence-electron chi connectivity index (χ4n) is 3.25. The largest absolute Gasteiger partial charge is 0.312 e. The molecular formula is C21H19FN4O2S. The summed E-state index contributed by atoms with van der Waals surface area (Å²) in [7, 11) is 0. The van der Waals surface area contributed by atoms with Crippen molar-refractivity contribution < 1.29 is 14.0 Å². The Labute approximate surface area is 171 Å². The van der Waals surface area contributed by atoms with Crippen LogP contribution in [0.1, 0.15) is 40.2 Å². The van der Waals surface area contributed by atoms with Crippen LogP contribution in [0.5, 0.6) is 0 Å². The Morgan fingerprint density at radius 3 is 2.59 bits per heavy atom. The van der Waals surface area contributed by atoms with E-state index in [1.54, 1.807) is 4.90 Å². The average molecular weight is 410 g/mol. The summed E-state index contributed by atoms with van der Waals surface area (Å²) in [5.41, 5.74) is 2.44. The van der Waals surface area contributed by atoms with E-state index in [1.807, 2.05) is 24.3 Å². The molecular weight excluding hydrogens is 391 g/mol. The van der Waals surface area contributed by atoms with E-state index in [-0.39, 0.29) is 17.7 Å². The summed E-state index contributed by atoms with van der Waals surface area (Å²) in [6.07, 6.45) is 1.31. The summed E-state index contributed by atoms with van der Waals surface area (Å²) in [6.45, 7) is 2.62. The first-order valence-electron chi connectivity index (χ1n) is 9.33. The molecule has 2 amide bonds. The number of rotatable bonds is 5. The highest BCUT2D eigenvalue weighted by Gasteiger charge is 2.34. The maximum atomic E-state index is 13.0. The Kier molecular flexibility index (Phi) is 5.35. The van der Waals surface area contributed by atoms with Crippen molar-refractivity contribution in [3.63, 3.8) is 0 Å². The van der Waals surface area contributed by atoms with Gasteiger partial charge in [0.2, 0.25) is 11.0 Å². The van der Waals surface area contributed by atoms with Gasteiger partial charge in [-0.15, -0.1) is 10.2 Å². The predicted octanol–water partition coefficient (Wildman–Crippen LogP) is 4.01. The van der Waals surface area contributed by atoms with Gasteiger partial charge in [0.1, 0.15) is 10.8 Å². The Balaban J connectivity index is 1.43. The van der Waals surface area contributed by atoms with E-state index in [0.717, 1.165) is 12.1 Å². The topological polar surface area (TPSA) is 75.2 Å². The Hall–Kier alpha value is -3.13. The molecule has 4 rings (SSSR count). The lowest BCUT2D eigenvalue weighted by Gasteiger charge is -2.16. The smallest absolute Gasteiger partial charge is 0.257 e. The van der Waals surface area contributed by atoms with Gasteiger partial charge in [-0.25, -0.2) is 4.39 Å². The molecule has 1 aromatic heterocycles. The molecule has 0 saturated carbocycles. The summed E-state index contributed by atoms with van der Waals surface area (Å²) in [6, 6.07) is 13.3. The molecule has 3 aromatic rings. The molecule has 8 heteroatoms. The average Bonchev–Trinajstić information content (AvgIpc) is 3.35. The van der Waals surface area contributed by atoms with Gasteiger partial charge in [0, 0.05) is 30.1 Å². The molecule has 29 heavy (non-hydrogen) atoms. The molecule has 0 bridgehead atoms. The van der Waals surface area contributed by atoms with Crippen molar-refractivity contribution in [2.24, 2.45) is 0 Å². The third-order valence-electron chi connectivity index (χ3n) is 4.90. The predicted molar refractivity (Wildman–Crippen MR) is 110 cm³/mol. The van der Waals surface area contributed by atoms with Gasteiger partial charge in [-0.1, -0.05) is 30.4 Å². The molecule has 2 aromatic carbocycles. The number of anilines is 2. The Bertz CT molecular complexity index is 1030. The lowest BCUT2D eigenvalue weighted by molar-refractivity contribution is -0.117. The van der Waals surface area contributed by atoms with E-state index in [9.17, 15) is 14.0 Å². The molecule has 1 saturated heterocycles. The molecule has 0 radical (unpaired) electrons. The highest BCUT2D eigenvalue weighted by atomic mass is 32.1. The van der Waals surface area contributed by atoms with Crippen molar-refractivity contribution in [1.82, 2.24) is 10.2 Å². The second-order valence-corrected chi connectivity index (χ2v) is 7.84. The van der Waals surface area contributed by atoms with E-state index in [1.165, 1.54) is 41.2 Å². The van der Waals surface area contributed by atoms with Crippen molar-refractivity contribution >= 4 is 34.0 Å². The van der Waals surface area contributed by atoms with Crippen molar-refractivity contribution in [3.8, 4) is 0 Å². The number of amides is 2. The SMILES string of the molecule is CCc1ccc(N2C[C@H](c3nnc(NC(=O)c4ccc(F)cc4)s3)CC2=O)cc1. The van der Waals surface area contributed by atoms with E-state index < -0.39 is 5.82 Å². The molecule has 0 spiro atoms. The van der Waals surface area contributed by atoms with Gasteiger partial charge in [-0.2, -0.15) is 0 Å².